The summed E-state index contributed by atoms with van der Waals surface area (Å²) in [5.74, 6) is 0. The molecule has 0 aliphatic rings. The zero-order valence-electron chi connectivity index (χ0n) is 12.0. The fourth-order valence-corrected chi connectivity index (χ4v) is 3.92. The molecule has 0 saturated heterocycles. The molecule has 0 radical (unpaired) electrons. The molecule has 3 nitrogen and oxygen atoms in total. The Morgan fingerprint density at radius 2 is 1.71 bits per heavy atom. The third-order valence-corrected chi connectivity index (χ3v) is 5.34. The van der Waals surface area contributed by atoms with E-state index >= 15 is 0 Å². The van der Waals surface area contributed by atoms with Gasteiger partial charge in [0.15, 0.2) is 0 Å². The SMILES string of the molecule is Cc1ccccc1S(=O)(=O)NC(C)Cc1ccccc1Cl. The van der Waals surface area contributed by atoms with E-state index in [1.807, 2.05) is 31.2 Å². The van der Waals surface area contributed by atoms with Crippen LogP contribution in [0.3, 0.4) is 0 Å². The summed E-state index contributed by atoms with van der Waals surface area (Å²) in [6, 6.07) is 14.2. The van der Waals surface area contributed by atoms with Crippen molar-refractivity contribution >= 4 is 21.6 Å². The number of rotatable bonds is 5. The summed E-state index contributed by atoms with van der Waals surface area (Å²) in [5, 5.41) is 0.652. The third-order valence-electron chi connectivity index (χ3n) is 3.22. The van der Waals surface area contributed by atoms with Crippen LogP contribution in [-0.2, 0) is 16.4 Å². The van der Waals surface area contributed by atoms with Crippen molar-refractivity contribution in [3.8, 4) is 0 Å². The molecule has 21 heavy (non-hydrogen) atoms. The lowest BCUT2D eigenvalue weighted by Gasteiger charge is -2.16. The molecule has 0 amide bonds. The molecule has 1 atom stereocenters. The molecular formula is C16H18ClNO2S. The maximum atomic E-state index is 12.4. The summed E-state index contributed by atoms with van der Waals surface area (Å²) in [7, 11) is -3.52. The van der Waals surface area contributed by atoms with Gasteiger partial charge in [0.1, 0.15) is 0 Å². The second kappa shape index (κ2) is 6.60. The van der Waals surface area contributed by atoms with Crippen LogP contribution in [0.15, 0.2) is 53.4 Å². The summed E-state index contributed by atoms with van der Waals surface area (Å²) in [6.45, 7) is 3.62. The molecule has 0 aromatic heterocycles. The van der Waals surface area contributed by atoms with Gasteiger partial charge in [0.05, 0.1) is 4.90 Å². The average molecular weight is 324 g/mol. The van der Waals surface area contributed by atoms with E-state index < -0.39 is 10.0 Å². The molecule has 0 fully saturated rings. The average Bonchev–Trinajstić information content (AvgIpc) is 2.41. The Hall–Kier alpha value is -1.36. The predicted octanol–water partition coefficient (Wildman–Crippen LogP) is 3.56. The second-order valence-electron chi connectivity index (χ2n) is 5.08. The smallest absolute Gasteiger partial charge is 0.208 e. The highest BCUT2D eigenvalue weighted by atomic mass is 35.5. The van der Waals surface area contributed by atoms with Crippen LogP contribution in [0.2, 0.25) is 5.02 Å². The van der Waals surface area contributed by atoms with Gasteiger partial charge in [0.2, 0.25) is 10.0 Å². The number of hydrogen-bond acceptors (Lipinski definition) is 2. The highest BCUT2D eigenvalue weighted by molar-refractivity contribution is 7.89. The van der Waals surface area contributed by atoms with Gasteiger partial charge in [0.25, 0.3) is 0 Å². The molecule has 0 spiro atoms. The minimum Gasteiger partial charge on any atom is -0.208 e. The molecule has 2 aromatic carbocycles. The molecule has 0 aliphatic carbocycles. The molecule has 0 bridgehead atoms. The van der Waals surface area contributed by atoms with Gasteiger partial charge in [-0.15, -0.1) is 0 Å². The first kappa shape index (κ1) is 16.0. The molecule has 0 aliphatic heterocycles. The van der Waals surface area contributed by atoms with E-state index in [0.717, 1.165) is 11.1 Å². The maximum absolute atomic E-state index is 12.4. The lowest BCUT2D eigenvalue weighted by Crippen LogP contribution is -2.34. The van der Waals surface area contributed by atoms with Crippen molar-refractivity contribution in [1.82, 2.24) is 4.72 Å². The summed E-state index contributed by atoms with van der Waals surface area (Å²) in [5.41, 5.74) is 1.66. The lowest BCUT2D eigenvalue weighted by atomic mass is 10.1. The summed E-state index contributed by atoms with van der Waals surface area (Å²) >= 11 is 6.10. The highest BCUT2D eigenvalue weighted by Gasteiger charge is 2.19. The summed E-state index contributed by atoms with van der Waals surface area (Å²) in [6.07, 6.45) is 0.546. The highest BCUT2D eigenvalue weighted by Crippen LogP contribution is 2.18. The van der Waals surface area contributed by atoms with E-state index in [9.17, 15) is 8.42 Å². The monoisotopic (exact) mass is 323 g/mol. The van der Waals surface area contributed by atoms with Gasteiger partial charge in [-0.1, -0.05) is 48.0 Å². The lowest BCUT2D eigenvalue weighted by molar-refractivity contribution is 0.559. The Labute approximate surface area is 131 Å². The van der Waals surface area contributed by atoms with Crippen LogP contribution in [0.5, 0.6) is 0 Å². The van der Waals surface area contributed by atoms with Crippen molar-refractivity contribution in [1.29, 1.82) is 0 Å². The van der Waals surface area contributed by atoms with Crippen LogP contribution >= 0.6 is 11.6 Å². The van der Waals surface area contributed by atoms with E-state index in [1.54, 1.807) is 31.2 Å². The van der Waals surface area contributed by atoms with Crippen molar-refractivity contribution < 1.29 is 8.42 Å². The fourth-order valence-electron chi connectivity index (χ4n) is 2.22. The Kier molecular flexibility index (Phi) is 5.04. The topological polar surface area (TPSA) is 46.2 Å². The van der Waals surface area contributed by atoms with E-state index in [2.05, 4.69) is 4.72 Å². The van der Waals surface area contributed by atoms with Crippen molar-refractivity contribution in [2.45, 2.75) is 31.2 Å². The Morgan fingerprint density at radius 3 is 2.38 bits per heavy atom. The van der Waals surface area contributed by atoms with Crippen LogP contribution in [0.4, 0.5) is 0 Å². The van der Waals surface area contributed by atoms with Gasteiger partial charge < -0.3 is 0 Å². The van der Waals surface area contributed by atoms with Crippen molar-refractivity contribution in [3.63, 3.8) is 0 Å². The second-order valence-corrected chi connectivity index (χ2v) is 7.17. The molecule has 1 N–H and O–H groups in total. The zero-order valence-corrected chi connectivity index (χ0v) is 13.6. The van der Waals surface area contributed by atoms with Crippen molar-refractivity contribution in [3.05, 3.63) is 64.7 Å². The molecule has 1 unspecified atom stereocenters. The van der Waals surface area contributed by atoms with Crippen molar-refractivity contribution in [2.75, 3.05) is 0 Å². The third kappa shape index (κ3) is 4.06. The van der Waals surface area contributed by atoms with E-state index in [4.69, 9.17) is 11.6 Å². The van der Waals surface area contributed by atoms with Crippen LogP contribution in [0.1, 0.15) is 18.1 Å². The van der Waals surface area contributed by atoms with Gasteiger partial charge >= 0.3 is 0 Å². The van der Waals surface area contributed by atoms with Gasteiger partial charge in [0, 0.05) is 11.1 Å². The minimum atomic E-state index is -3.52. The number of aryl methyl sites for hydroxylation is 1. The number of halogens is 1. The maximum Gasteiger partial charge on any atom is 0.241 e. The molecule has 2 rings (SSSR count). The van der Waals surface area contributed by atoms with Crippen LogP contribution in [0, 0.1) is 6.92 Å². The first-order chi connectivity index (χ1) is 9.90. The van der Waals surface area contributed by atoms with Gasteiger partial charge in [-0.05, 0) is 43.5 Å². The first-order valence-corrected chi connectivity index (χ1v) is 8.57. The zero-order chi connectivity index (χ0) is 15.5. The normalized spacial score (nSPS) is 13.1. The Bertz CT molecular complexity index is 729. The summed E-state index contributed by atoms with van der Waals surface area (Å²) < 4.78 is 27.5. The molecular weight excluding hydrogens is 306 g/mol. The van der Waals surface area contributed by atoms with Crippen LogP contribution < -0.4 is 4.72 Å². The number of sulfonamides is 1. The Balaban J connectivity index is 2.14. The minimum absolute atomic E-state index is 0.241. The standard InChI is InChI=1S/C16H18ClNO2S/c1-12-7-3-6-10-16(12)21(19,20)18-13(2)11-14-8-4-5-9-15(14)17/h3-10,13,18H,11H2,1-2H3. The van der Waals surface area contributed by atoms with Gasteiger partial charge in [-0.3, -0.25) is 0 Å². The molecule has 112 valence electrons. The molecule has 2 aromatic rings. The van der Waals surface area contributed by atoms with E-state index in [1.165, 1.54) is 0 Å². The van der Waals surface area contributed by atoms with Crippen LogP contribution in [0.25, 0.3) is 0 Å². The van der Waals surface area contributed by atoms with E-state index in [0.29, 0.717) is 16.3 Å². The molecule has 0 saturated carbocycles. The quantitative estimate of drug-likeness (QED) is 0.914. The number of hydrogen-bond donors (Lipinski definition) is 1. The Morgan fingerprint density at radius 1 is 1.10 bits per heavy atom. The number of benzene rings is 2. The van der Waals surface area contributed by atoms with Crippen LogP contribution in [-0.4, -0.2) is 14.5 Å². The summed E-state index contributed by atoms with van der Waals surface area (Å²) in [4.78, 5) is 0.316. The van der Waals surface area contributed by atoms with E-state index in [-0.39, 0.29) is 6.04 Å². The molecule has 5 heteroatoms. The largest absolute Gasteiger partial charge is 0.241 e. The van der Waals surface area contributed by atoms with Crippen molar-refractivity contribution in [2.24, 2.45) is 0 Å². The number of nitrogens with one attached hydrogen (secondary N) is 1. The fraction of sp³-hybridized carbons (Fsp3) is 0.250. The predicted molar refractivity (Wildman–Crippen MR) is 86.1 cm³/mol. The first-order valence-electron chi connectivity index (χ1n) is 6.71. The molecule has 0 heterocycles. The van der Waals surface area contributed by atoms with Gasteiger partial charge in [-0.2, -0.15) is 0 Å². The van der Waals surface area contributed by atoms with Gasteiger partial charge in [-0.25, -0.2) is 13.1 Å².